The average Bonchev–Trinajstić information content (AvgIpc) is 3.35. The molecule has 1 N–H and O–H groups in total. The van der Waals surface area contributed by atoms with Gasteiger partial charge in [0.1, 0.15) is 4.90 Å². The van der Waals surface area contributed by atoms with E-state index < -0.39 is 10.0 Å². The van der Waals surface area contributed by atoms with Gasteiger partial charge in [-0.1, -0.05) is 23.2 Å². The van der Waals surface area contributed by atoms with Crippen LogP contribution in [0.15, 0.2) is 23.1 Å². The predicted molar refractivity (Wildman–Crippen MR) is 115 cm³/mol. The number of benzene rings is 1. The molecule has 2 bridgehead atoms. The van der Waals surface area contributed by atoms with E-state index in [1.807, 2.05) is 0 Å². The van der Waals surface area contributed by atoms with Crippen LogP contribution in [0.25, 0.3) is 0 Å². The quantitative estimate of drug-likeness (QED) is 0.711. The van der Waals surface area contributed by atoms with E-state index in [1.165, 1.54) is 35.7 Å². The van der Waals surface area contributed by atoms with E-state index >= 15 is 0 Å². The molecule has 1 aromatic carbocycles. The van der Waals surface area contributed by atoms with E-state index in [0.29, 0.717) is 30.1 Å². The molecule has 5 fully saturated rings. The van der Waals surface area contributed by atoms with Crippen LogP contribution in [0.1, 0.15) is 38.5 Å². The number of amides is 1. The van der Waals surface area contributed by atoms with Gasteiger partial charge in [-0.3, -0.25) is 4.79 Å². The van der Waals surface area contributed by atoms with Crippen LogP contribution in [0.3, 0.4) is 0 Å². The van der Waals surface area contributed by atoms with Crippen molar-refractivity contribution in [2.24, 2.45) is 34.5 Å². The van der Waals surface area contributed by atoms with Crippen molar-refractivity contribution >= 4 is 39.1 Å². The number of nitrogens with zero attached hydrogens (tertiary/aromatic N) is 1. The third-order valence-electron chi connectivity index (χ3n) is 9.14. The summed E-state index contributed by atoms with van der Waals surface area (Å²) in [5.41, 5.74) is 0.225. The molecule has 4 saturated carbocycles. The Morgan fingerprint density at radius 1 is 1.17 bits per heavy atom. The molecule has 6 atom stereocenters. The first-order chi connectivity index (χ1) is 14.3. The molecule has 30 heavy (non-hydrogen) atoms. The van der Waals surface area contributed by atoms with Crippen LogP contribution in [-0.4, -0.2) is 38.3 Å². The maximum Gasteiger partial charge on any atom is 0.244 e. The summed E-state index contributed by atoms with van der Waals surface area (Å²) in [7, 11) is -3.66. The molecule has 1 saturated heterocycles. The lowest BCUT2D eigenvalue weighted by Gasteiger charge is -2.71. The summed E-state index contributed by atoms with van der Waals surface area (Å²) >= 11 is 12.0. The van der Waals surface area contributed by atoms with Crippen LogP contribution < -0.4 is 5.32 Å². The molecule has 162 valence electrons. The second-order valence-corrected chi connectivity index (χ2v) is 13.0. The van der Waals surface area contributed by atoms with Gasteiger partial charge in [0, 0.05) is 24.7 Å². The fourth-order valence-corrected chi connectivity index (χ4v) is 10.3. The minimum absolute atomic E-state index is 0.0924. The number of rotatable bonds is 5. The molecule has 6 rings (SSSR count). The Labute approximate surface area is 187 Å². The summed E-state index contributed by atoms with van der Waals surface area (Å²) in [5.74, 6) is 2.71. The molecule has 1 aromatic rings. The Kier molecular flexibility index (Phi) is 4.21. The molecule has 0 aromatic heterocycles. The van der Waals surface area contributed by atoms with Crippen LogP contribution in [0.2, 0.25) is 10.0 Å². The van der Waals surface area contributed by atoms with Gasteiger partial charge in [0.25, 0.3) is 0 Å². The van der Waals surface area contributed by atoms with E-state index in [1.54, 1.807) is 6.07 Å². The van der Waals surface area contributed by atoms with Gasteiger partial charge in [-0.05, 0) is 85.8 Å². The summed E-state index contributed by atoms with van der Waals surface area (Å²) < 4.78 is 27.5. The average molecular weight is 469 g/mol. The Morgan fingerprint density at radius 3 is 2.73 bits per heavy atom. The van der Waals surface area contributed by atoms with Crippen LogP contribution in [-0.2, 0) is 14.8 Å². The molecule has 5 aliphatic rings. The van der Waals surface area contributed by atoms with E-state index in [4.69, 9.17) is 23.2 Å². The minimum Gasteiger partial charge on any atom is -0.355 e. The van der Waals surface area contributed by atoms with Gasteiger partial charge in [-0.25, -0.2) is 8.42 Å². The van der Waals surface area contributed by atoms with E-state index in [9.17, 15) is 13.2 Å². The standard InChI is InChI=1S/C22H26Cl2N2O3S/c23-17-1-2-19(18(24)7-17)30(28,29)26-4-3-13(12-26)11-25-20(27)21-8-14-5-15-6-16(10-21)22(15,21)9-14/h1-2,7,13-16H,3-6,8-12H2,(H,25,27)/t13?,14-,15-,16+,21+,22?/m0/s1. The minimum atomic E-state index is -3.66. The van der Waals surface area contributed by atoms with Gasteiger partial charge < -0.3 is 5.32 Å². The normalized spacial score (nSPS) is 41.3. The van der Waals surface area contributed by atoms with E-state index in [-0.39, 0.29) is 27.2 Å². The summed E-state index contributed by atoms with van der Waals surface area (Å²) in [5, 5.41) is 3.79. The third-order valence-corrected chi connectivity index (χ3v) is 11.7. The number of nitrogens with one attached hydrogen (secondary N) is 1. The first kappa shape index (κ1) is 19.8. The third kappa shape index (κ3) is 2.40. The van der Waals surface area contributed by atoms with Crippen LogP contribution >= 0.6 is 23.2 Å². The second-order valence-electron chi connectivity index (χ2n) is 10.3. The first-order valence-corrected chi connectivity index (χ1v) is 13.2. The molecular weight excluding hydrogens is 443 g/mol. The van der Waals surface area contributed by atoms with Gasteiger partial charge >= 0.3 is 0 Å². The van der Waals surface area contributed by atoms with Crippen LogP contribution in [0.5, 0.6) is 0 Å². The fourth-order valence-electron chi connectivity index (χ4n) is 7.99. The molecule has 1 amide bonds. The molecule has 4 aliphatic carbocycles. The lowest BCUT2D eigenvalue weighted by Crippen LogP contribution is -2.71. The zero-order valence-electron chi connectivity index (χ0n) is 16.7. The number of carbonyl (C=O) groups is 1. The Bertz CT molecular complexity index is 1050. The maximum atomic E-state index is 13.2. The van der Waals surface area contributed by atoms with E-state index in [2.05, 4.69) is 5.32 Å². The lowest BCUT2D eigenvalue weighted by molar-refractivity contribution is -0.237. The molecule has 1 spiro atoms. The second kappa shape index (κ2) is 6.37. The highest BCUT2D eigenvalue weighted by molar-refractivity contribution is 7.89. The van der Waals surface area contributed by atoms with Crippen molar-refractivity contribution in [3.63, 3.8) is 0 Å². The highest BCUT2D eigenvalue weighted by Gasteiger charge is 2.82. The lowest BCUT2D eigenvalue weighted by atomic mass is 9.32. The molecule has 0 radical (unpaired) electrons. The van der Waals surface area contributed by atoms with Crippen molar-refractivity contribution in [1.82, 2.24) is 9.62 Å². The topological polar surface area (TPSA) is 66.5 Å². The SMILES string of the molecule is O=C(NCC1CCN(S(=O)(=O)c2ccc(Cl)cc2Cl)C1)[C@@]12C[C@@H]3C[C@H]4C[C@H](C1)C42C3. The van der Waals surface area contributed by atoms with Crippen molar-refractivity contribution in [3.8, 4) is 0 Å². The smallest absolute Gasteiger partial charge is 0.244 e. The van der Waals surface area contributed by atoms with Crippen LogP contribution in [0.4, 0.5) is 0 Å². The van der Waals surface area contributed by atoms with Gasteiger partial charge in [0.15, 0.2) is 0 Å². The zero-order chi connectivity index (χ0) is 20.9. The van der Waals surface area contributed by atoms with Gasteiger partial charge in [-0.15, -0.1) is 0 Å². The number of hydrogen-bond donors (Lipinski definition) is 1. The molecule has 2 unspecified atom stereocenters. The van der Waals surface area contributed by atoms with E-state index in [0.717, 1.165) is 37.0 Å². The predicted octanol–water partition coefficient (Wildman–Crippen LogP) is 3.95. The van der Waals surface area contributed by atoms with Gasteiger partial charge in [0.2, 0.25) is 15.9 Å². The van der Waals surface area contributed by atoms with Crippen LogP contribution in [0, 0.1) is 34.5 Å². The molecule has 8 heteroatoms. The monoisotopic (exact) mass is 468 g/mol. The molecule has 1 heterocycles. The number of fused-ring (bicyclic) bond motifs is 1. The fraction of sp³-hybridized carbons (Fsp3) is 0.682. The maximum absolute atomic E-state index is 13.2. The Balaban J connectivity index is 1.10. The first-order valence-electron chi connectivity index (χ1n) is 11.0. The number of hydrogen-bond acceptors (Lipinski definition) is 3. The highest BCUT2D eigenvalue weighted by Crippen LogP contribution is 2.86. The number of sulfonamides is 1. The Hall–Kier alpha value is -0.820. The largest absolute Gasteiger partial charge is 0.355 e. The molecule has 5 nitrogen and oxygen atoms in total. The highest BCUT2D eigenvalue weighted by atomic mass is 35.5. The van der Waals surface area contributed by atoms with Crippen molar-refractivity contribution in [2.45, 2.75) is 43.4 Å². The summed E-state index contributed by atoms with van der Waals surface area (Å²) in [6, 6.07) is 4.46. The van der Waals surface area contributed by atoms with Gasteiger partial charge in [0.05, 0.1) is 10.4 Å². The van der Waals surface area contributed by atoms with Crippen molar-refractivity contribution in [1.29, 1.82) is 0 Å². The van der Waals surface area contributed by atoms with Gasteiger partial charge in [-0.2, -0.15) is 4.31 Å². The molecule has 1 aliphatic heterocycles. The zero-order valence-corrected chi connectivity index (χ0v) is 19.1. The Morgan fingerprint density at radius 2 is 2.00 bits per heavy atom. The van der Waals surface area contributed by atoms with Crippen molar-refractivity contribution in [3.05, 3.63) is 28.2 Å². The number of halogens is 2. The molecular formula is C22H26Cl2N2O3S. The van der Waals surface area contributed by atoms with Crippen molar-refractivity contribution in [2.75, 3.05) is 19.6 Å². The van der Waals surface area contributed by atoms with Crippen molar-refractivity contribution < 1.29 is 13.2 Å². The summed E-state index contributed by atoms with van der Waals surface area (Å²) in [4.78, 5) is 13.3. The number of carbonyl (C=O) groups excluding carboxylic acids is 1. The summed E-state index contributed by atoms with van der Waals surface area (Å²) in [6.45, 7) is 1.41. The summed E-state index contributed by atoms with van der Waals surface area (Å²) in [6.07, 6.45) is 6.85.